The van der Waals surface area contributed by atoms with Crippen molar-refractivity contribution < 1.29 is 14.3 Å². The zero-order valence-corrected chi connectivity index (χ0v) is 17.8. The lowest BCUT2D eigenvalue weighted by Gasteiger charge is -2.34. The molecule has 2 saturated heterocycles. The molecule has 0 bridgehead atoms. The van der Waals surface area contributed by atoms with E-state index in [0.29, 0.717) is 25.4 Å². The Morgan fingerprint density at radius 1 is 1.07 bits per heavy atom. The number of anilines is 1. The number of carbonyl (C=O) groups is 1. The predicted molar refractivity (Wildman–Crippen MR) is 117 cm³/mol. The van der Waals surface area contributed by atoms with Gasteiger partial charge >= 0.3 is 0 Å². The highest BCUT2D eigenvalue weighted by Gasteiger charge is 2.26. The molecular formula is C23H30N4O3. The maximum absolute atomic E-state index is 13.3. The molecule has 2 aromatic rings. The van der Waals surface area contributed by atoms with Crippen LogP contribution in [0.4, 0.5) is 5.82 Å². The van der Waals surface area contributed by atoms with Crippen LogP contribution < -0.4 is 4.90 Å². The van der Waals surface area contributed by atoms with Crippen molar-refractivity contribution in [2.24, 2.45) is 0 Å². The average molecular weight is 411 g/mol. The maximum Gasteiger partial charge on any atom is 0.257 e. The third-order valence-electron chi connectivity index (χ3n) is 5.74. The van der Waals surface area contributed by atoms with Crippen LogP contribution in [0.25, 0.3) is 11.3 Å². The van der Waals surface area contributed by atoms with Crippen LogP contribution in [0.2, 0.25) is 0 Å². The van der Waals surface area contributed by atoms with E-state index in [2.05, 4.69) is 22.9 Å². The number of rotatable bonds is 5. The summed E-state index contributed by atoms with van der Waals surface area (Å²) in [5.41, 5.74) is 3.67. The molecule has 7 heteroatoms. The first-order valence-corrected chi connectivity index (χ1v) is 10.6. The summed E-state index contributed by atoms with van der Waals surface area (Å²) >= 11 is 0. The molecule has 30 heavy (non-hydrogen) atoms. The van der Waals surface area contributed by atoms with Gasteiger partial charge in [0.25, 0.3) is 5.91 Å². The fourth-order valence-electron chi connectivity index (χ4n) is 3.96. The van der Waals surface area contributed by atoms with Gasteiger partial charge in [0, 0.05) is 51.9 Å². The zero-order valence-electron chi connectivity index (χ0n) is 17.8. The lowest BCUT2D eigenvalue weighted by atomic mass is 10.1. The molecule has 0 atom stereocenters. The number of methoxy groups -OCH3 is 1. The molecule has 4 rings (SSSR count). The van der Waals surface area contributed by atoms with Gasteiger partial charge < -0.3 is 24.2 Å². The summed E-state index contributed by atoms with van der Waals surface area (Å²) in [6.45, 7) is 6.63. The Hall–Kier alpha value is -2.48. The molecule has 1 aromatic heterocycles. The third-order valence-corrected chi connectivity index (χ3v) is 5.74. The summed E-state index contributed by atoms with van der Waals surface area (Å²) in [6.07, 6.45) is 0. The van der Waals surface area contributed by atoms with Crippen molar-refractivity contribution in [1.82, 2.24) is 14.8 Å². The number of benzene rings is 1. The summed E-state index contributed by atoms with van der Waals surface area (Å²) in [5.74, 6) is 0.827. The highest BCUT2D eigenvalue weighted by molar-refractivity contribution is 5.99. The lowest BCUT2D eigenvalue weighted by molar-refractivity contribution is 0.0663. The van der Waals surface area contributed by atoms with Gasteiger partial charge in [-0.15, -0.1) is 0 Å². The van der Waals surface area contributed by atoms with E-state index in [9.17, 15) is 4.79 Å². The first kappa shape index (κ1) is 20.8. The Balaban J connectivity index is 1.68. The molecule has 1 amide bonds. The average Bonchev–Trinajstić information content (AvgIpc) is 2.80. The van der Waals surface area contributed by atoms with Gasteiger partial charge in [0.05, 0.1) is 31.1 Å². The fourth-order valence-corrected chi connectivity index (χ4v) is 3.96. The smallest absolute Gasteiger partial charge is 0.257 e. The van der Waals surface area contributed by atoms with E-state index >= 15 is 0 Å². The van der Waals surface area contributed by atoms with Crippen molar-refractivity contribution in [1.29, 1.82) is 0 Å². The fraction of sp³-hybridized carbons (Fsp3) is 0.478. The van der Waals surface area contributed by atoms with Crippen LogP contribution in [0.5, 0.6) is 0 Å². The molecule has 2 aliphatic rings. The van der Waals surface area contributed by atoms with Gasteiger partial charge in [-0.3, -0.25) is 4.79 Å². The molecular weight excluding hydrogens is 380 g/mol. The number of amides is 1. The van der Waals surface area contributed by atoms with E-state index in [-0.39, 0.29) is 5.91 Å². The van der Waals surface area contributed by atoms with Gasteiger partial charge in [0.1, 0.15) is 5.82 Å². The van der Waals surface area contributed by atoms with Crippen molar-refractivity contribution >= 4 is 11.7 Å². The number of ether oxygens (including phenoxy) is 2. The van der Waals surface area contributed by atoms with E-state index < -0.39 is 0 Å². The van der Waals surface area contributed by atoms with Gasteiger partial charge in [-0.2, -0.15) is 0 Å². The number of carbonyl (C=O) groups excluding carboxylic acids is 1. The highest BCUT2D eigenvalue weighted by atomic mass is 16.5. The Morgan fingerprint density at radius 2 is 1.83 bits per heavy atom. The molecule has 0 spiro atoms. The standard InChI is InChI=1S/C23H30N4O3/c1-25-8-10-27(11-9-25)23(28)20-6-7-21(19-5-3-4-18(16-19)17-29-2)24-22(20)26-12-14-30-15-13-26/h3-7,16H,8-15,17H2,1-2H3. The van der Waals surface area contributed by atoms with Crippen LogP contribution in [0, 0.1) is 0 Å². The van der Waals surface area contributed by atoms with Crippen LogP contribution in [-0.2, 0) is 16.1 Å². The van der Waals surface area contributed by atoms with Crippen molar-refractivity contribution in [2.45, 2.75) is 6.61 Å². The summed E-state index contributed by atoms with van der Waals surface area (Å²) in [6, 6.07) is 12.1. The quantitative estimate of drug-likeness (QED) is 0.753. The Bertz CT molecular complexity index is 875. The van der Waals surface area contributed by atoms with Crippen LogP contribution in [-0.4, -0.2) is 87.3 Å². The molecule has 0 unspecified atom stereocenters. The number of hydrogen-bond acceptors (Lipinski definition) is 6. The van der Waals surface area contributed by atoms with Crippen LogP contribution in [0.15, 0.2) is 36.4 Å². The van der Waals surface area contributed by atoms with E-state index in [1.165, 1.54) is 0 Å². The summed E-state index contributed by atoms with van der Waals surface area (Å²) < 4.78 is 10.8. The molecule has 2 aliphatic heterocycles. The van der Waals surface area contributed by atoms with E-state index in [1.807, 2.05) is 35.2 Å². The second-order valence-corrected chi connectivity index (χ2v) is 7.90. The van der Waals surface area contributed by atoms with Crippen LogP contribution in [0.3, 0.4) is 0 Å². The lowest BCUT2D eigenvalue weighted by Crippen LogP contribution is -2.47. The molecule has 7 nitrogen and oxygen atoms in total. The molecule has 160 valence electrons. The van der Waals surface area contributed by atoms with Crippen molar-refractivity contribution in [2.75, 3.05) is 71.5 Å². The number of hydrogen-bond donors (Lipinski definition) is 0. The number of nitrogens with zero attached hydrogens (tertiary/aromatic N) is 4. The number of aromatic nitrogens is 1. The Labute approximate surface area is 178 Å². The highest BCUT2D eigenvalue weighted by Crippen LogP contribution is 2.27. The van der Waals surface area contributed by atoms with Crippen LogP contribution in [0.1, 0.15) is 15.9 Å². The van der Waals surface area contributed by atoms with Crippen molar-refractivity contribution in [3.8, 4) is 11.3 Å². The van der Waals surface area contributed by atoms with E-state index in [1.54, 1.807) is 7.11 Å². The number of morpholine rings is 1. The number of piperazine rings is 1. The minimum Gasteiger partial charge on any atom is -0.380 e. The van der Waals surface area contributed by atoms with Gasteiger partial charge in [0.15, 0.2) is 0 Å². The minimum absolute atomic E-state index is 0.0665. The molecule has 3 heterocycles. The summed E-state index contributed by atoms with van der Waals surface area (Å²) in [5, 5.41) is 0. The SMILES string of the molecule is COCc1cccc(-c2ccc(C(=O)N3CCN(C)CC3)c(N3CCOCC3)n2)c1. The van der Waals surface area contributed by atoms with Gasteiger partial charge in [-0.05, 0) is 30.8 Å². The monoisotopic (exact) mass is 410 g/mol. The van der Waals surface area contributed by atoms with E-state index in [0.717, 1.165) is 61.9 Å². The Morgan fingerprint density at radius 3 is 2.57 bits per heavy atom. The van der Waals surface area contributed by atoms with Crippen molar-refractivity contribution in [3.05, 3.63) is 47.5 Å². The molecule has 2 fully saturated rings. The summed E-state index contributed by atoms with van der Waals surface area (Å²) in [7, 11) is 3.79. The topological polar surface area (TPSA) is 58.1 Å². The number of pyridine rings is 1. The number of likely N-dealkylation sites (N-methyl/N-ethyl adjacent to an activating group) is 1. The molecule has 0 aliphatic carbocycles. The molecule has 1 aromatic carbocycles. The maximum atomic E-state index is 13.3. The normalized spacial score (nSPS) is 17.9. The largest absolute Gasteiger partial charge is 0.380 e. The summed E-state index contributed by atoms with van der Waals surface area (Å²) in [4.78, 5) is 24.7. The zero-order chi connectivity index (χ0) is 20.9. The third kappa shape index (κ3) is 4.64. The predicted octanol–water partition coefficient (Wildman–Crippen LogP) is 2.12. The first-order chi connectivity index (χ1) is 14.7. The van der Waals surface area contributed by atoms with Crippen molar-refractivity contribution in [3.63, 3.8) is 0 Å². The molecule has 0 N–H and O–H groups in total. The first-order valence-electron chi connectivity index (χ1n) is 10.6. The van der Waals surface area contributed by atoms with E-state index in [4.69, 9.17) is 14.5 Å². The second kappa shape index (κ2) is 9.55. The molecule has 0 radical (unpaired) electrons. The van der Waals surface area contributed by atoms with Gasteiger partial charge in [0.2, 0.25) is 0 Å². The molecule has 0 saturated carbocycles. The second-order valence-electron chi connectivity index (χ2n) is 7.90. The van der Waals surface area contributed by atoms with Crippen LogP contribution >= 0.6 is 0 Å². The Kier molecular flexibility index (Phi) is 6.62. The minimum atomic E-state index is 0.0665. The van der Waals surface area contributed by atoms with Gasteiger partial charge in [-0.1, -0.05) is 18.2 Å². The van der Waals surface area contributed by atoms with Gasteiger partial charge in [-0.25, -0.2) is 4.98 Å².